The first-order valence-electron chi connectivity index (χ1n) is 6.48. The van der Waals surface area contributed by atoms with Crippen LogP contribution in [0.2, 0.25) is 0 Å². The van der Waals surface area contributed by atoms with E-state index in [1.807, 2.05) is 6.92 Å². The normalized spacial score (nSPS) is 12.2. The number of benzene rings is 1. The molecule has 0 aliphatic heterocycles. The Morgan fingerprint density at radius 2 is 2.05 bits per heavy atom. The summed E-state index contributed by atoms with van der Waals surface area (Å²) in [6.45, 7) is 1.97. The first-order valence-corrected chi connectivity index (χ1v) is 6.48. The van der Waals surface area contributed by atoms with E-state index in [-0.39, 0.29) is 0 Å². The number of halogens is 3. The van der Waals surface area contributed by atoms with Crippen molar-refractivity contribution in [3.63, 3.8) is 0 Å². The van der Waals surface area contributed by atoms with Crippen LogP contribution < -0.4 is 0 Å². The molecule has 0 saturated heterocycles. The van der Waals surface area contributed by atoms with Crippen LogP contribution in [-0.4, -0.2) is 19.7 Å². The summed E-state index contributed by atoms with van der Waals surface area (Å²) >= 11 is 0. The third-order valence-corrected chi connectivity index (χ3v) is 3.30. The molecule has 0 bridgehead atoms. The summed E-state index contributed by atoms with van der Waals surface area (Å²) in [5.74, 6) is 0.536. The van der Waals surface area contributed by atoms with Gasteiger partial charge < -0.3 is 4.98 Å². The molecule has 0 radical (unpaired) electrons. The average Bonchev–Trinajstić information content (AvgIpc) is 2.99. The van der Waals surface area contributed by atoms with E-state index in [0.29, 0.717) is 16.9 Å². The van der Waals surface area contributed by atoms with Crippen LogP contribution in [-0.2, 0) is 19.6 Å². The monoisotopic (exact) mass is 294 g/mol. The predicted molar refractivity (Wildman–Crippen MR) is 72.7 cm³/mol. The van der Waals surface area contributed by atoms with E-state index in [9.17, 15) is 13.2 Å². The van der Waals surface area contributed by atoms with Crippen LogP contribution in [0.1, 0.15) is 18.2 Å². The van der Waals surface area contributed by atoms with E-state index in [2.05, 4.69) is 15.1 Å². The Kier molecular flexibility index (Phi) is 3.00. The van der Waals surface area contributed by atoms with Crippen LogP contribution in [0.15, 0.2) is 24.4 Å². The third kappa shape index (κ3) is 2.39. The number of imidazole rings is 1. The van der Waals surface area contributed by atoms with Crippen molar-refractivity contribution in [3.05, 3.63) is 35.7 Å². The Bertz CT molecular complexity index is 798. The van der Waals surface area contributed by atoms with Gasteiger partial charge in [-0.1, -0.05) is 6.92 Å². The van der Waals surface area contributed by atoms with Gasteiger partial charge in [0.2, 0.25) is 0 Å². The first kappa shape index (κ1) is 13.7. The number of aryl methyl sites for hydroxylation is 2. The predicted octanol–water partition coefficient (Wildman–Crippen LogP) is 3.54. The van der Waals surface area contributed by atoms with Crippen LogP contribution in [0.5, 0.6) is 0 Å². The highest BCUT2D eigenvalue weighted by Crippen LogP contribution is 2.32. The SMILES string of the molecule is CCc1nn(C)cc1-c1nc2ccc(C(F)(F)F)cc2[nH]1. The third-order valence-electron chi connectivity index (χ3n) is 3.30. The van der Waals surface area contributed by atoms with Crippen molar-refractivity contribution in [2.75, 3.05) is 0 Å². The summed E-state index contributed by atoms with van der Waals surface area (Å²) in [6, 6.07) is 3.49. The molecule has 3 aromatic rings. The minimum absolute atomic E-state index is 0.366. The fourth-order valence-electron chi connectivity index (χ4n) is 2.31. The Labute approximate surface area is 118 Å². The summed E-state index contributed by atoms with van der Waals surface area (Å²) in [5, 5.41) is 4.31. The van der Waals surface area contributed by atoms with Crippen molar-refractivity contribution in [1.82, 2.24) is 19.7 Å². The van der Waals surface area contributed by atoms with Gasteiger partial charge in [0.1, 0.15) is 5.82 Å². The molecule has 1 aromatic carbocycles. The molecule has 3 rings (SSSR count). The van der Waals surface area contributed by atoms with Crippen molar-refractivity contribution in [3.8, 4) is 11.4 Å². The van der Waals surface area contributed by atoms with E-state index in [4.69, 9.17) is 0 Å². The maximum Gasteiger partial charge on any atom is 0.416 e. The number of nitrogens with one attached hydrogen (secondary N) is 1. The minimum atomic E-state index is -4.36. The zero-order chi connectivity index (χ0) is 15.2. The second-order valence-corrected chi connectivity index (χ2v) is 4.83. The number of alkyl halides is 3. The quantitative estimate of drug-likeness (QED) is 0.785. The fraction of sp³-hybridized carbons (Fsp3) is 0.286. The number of hydrogen-bond donors (Lipinski definition) is 1. The largest absolute Gasteiger partial charge is 0.416 e. The maximum absolute atomic E-state index is 12.7. The molecule has 7 heteroatoms. The summed E-state index contributed by atoms with van der Waals surface area (Å²) in [5.41, 5.74) is 1.85. The van der Waals surface area contributed by atoms with Gasteiger partial charge in [-0.2, -0.15) is 18.3 Å². The van der Waals surface area contributed by atoms with Crippen LogP contribution in [0, 0.1) is 0 Å². The highest BCUT2D eigenvalue weighted by Gasteiger charge is 2.30. The number of H-pyrrole nitrogens is 1. The van der Waals surface area contributed by atoms with Gasteiger partial charge in [0.15, 0.2) is 0 Å². The Morgan fingerprint density at radius 1 is 1.29 bits per heavy atom. The molecule has 110 valence electrons. The Hall–Kier alpha value is -2.31. The topological polar surface area (TPSA) is 46.5 Å². The zero-order valence-corrected chi connectivity index (χ0v) is 11.5. The first-order chi connectivity index (χ1) is 9.88. The summed E-state index contributed by atoms with van der Waals surface area (Å²) in [7, 11) is 1.80. The molecule has 1 N–H and O–H groups in total. The number of hydrogen-bond acceptors (Lipinski definition) is 2. The van der Waals surface area contributed by atoms with E-state index in [1.54, 1.807) is 17.9 Å². The van der Waals surface area contributed by atoms with Crippen molar-refractivity contribution in [1.29, 1.82) is 0 Å². The van der Waals surface area contributed by atoms with Gasteiger partial charge >= 0.3 is 6.18 Å². The van der Waals surface area contributed by atoms with Gasteiger partial charge in [0.05, 0.1) is 27.9 Å². The molecule has 0 saturated carbocycles. The number of nitrogens with zero attached hydrogens (tertiary/aromatic N) is 3. The number of fused-ring (bicyclic) bond motifs is 1. The summed E-state index contributed by atoms with van der Waals surface area (Å²) in [6.07, 6.45) is -1.83. The van der Waals surface area contributed by atoms with Crippen LogP contribution >= 0.6 is 0 Å². The van der Waals surface area contributed by atoms with Crippen molar-refractivity contribution < 1.29 is 13.2 Å². The molecule has 0 spiro atoms. The highest BCUT2D eigenvalue weighted by molar-refractivity contribution is 5.80. The van der Waals surface area contributed by atoms with E-state index < -0.39 is 11.7 Å². The molecule has 21 heavy (non-hydrogen) atoms. The lowest BCUT2D eigenvalue weighted by Gasteiger charge is -2.05. The number of rotatable bonds is 2. The van der Waals surface area contributed by atoms with Gasteiger partial charge in [-0.3, -0.25) is 4.68 Å². The average molecular weight is 294 g/mol. The lowest BCUT2D eigenvalue weighted by Crippen LogP contribution is -2.04. The van der Waals surface area contributed by atoms with E-state index >= 15 is 0 Å². The molecule has 0 aliphatic carbocycles. The van der Waals surface area contributed by atoms with Crippen LogP contribution in [0.25, 0.3) is 22.4 Å². The minimum Gasteiger partial charge on any atom is -0.338 e. The maximum atomic E-state index is 12.7. The lowest BCUT2D eigenvalue weighted by atomic mass is 10.2. The molecule has 0 fully saturated rings. The summed E-state index contributed by atoms with van der Waals surface area (Å²) < 4.78 is 39.8. The molecule has 0 aliphatic rings. The van der Waals surface area contributed by atoms with Crippen LogP contribution in [0.3, 0.4) is 0 Å². The second-order valence-electron chi connectivity index (χ2n) is 4.83. The zero-order valence-electron chi connectivity index (χ0n) is 11.5. The molecule has 2 heterocycles. The van der Waals surface area contributed by atoms with Gasteiger partial charge in [-0.25, -0.2) is 4.98 Å². The van der Waals surface area contributed by atoms with Crippen LogP contribution in [0.4, 0.5) is 13.2 Å². The standard InChI is InChI=1S/C14H13F3N4/c1-3-10-9(7-21(2)20-10)13-18-11-5-4-8(14(15,16)17)6-12(11)19-13/h4-7H,3H2,1-2H3,(H,18,19). The van der Waals surface area contributed by atoms with Crippen molar-refractivity contribution in [2.45, 2.75) is 19.5 Å². The molecule has 2 aromatic heterocycles. The molecule has 0 unspecified atom stereocenters. The highest BCUT2D eigenvalue weighted by atomic mass is 19.4. The Balaban J connectivity index is 2.13. The summed E-state index contributed by atoms with van der Waals surface area (Å²) in [4.78, 5) is 7.30. The van der Waals surface area contributed by atoms with E-state index in [0.717, 1.165) is 29.8 Å². The molecule has 0 atom stereocenters. The van der Waals surface area contributed by atoms with Gasteiger partial charge in [-0.05, 0) is 24.6 Å². The molecular weight excluding hydrogens is 281 g/mol. The number of aromatic amines is 1. The van der Waals surface area contributed by atoms with Crippen molar-refractivity contribution >= 4 is 11.0 Å². The van der Waals surface area contributed by atoms with Gasteiger partial charge in [0.25, 0.3) is 0 Å². The smallest absolute Gasteiger partial charge is 0.338 e. The second kappa shape index (κ2) is 4.61. The van der Waals surface area contributed by atoms with E-state index in [1.165, 1.54) is 6.07 Å². The molecule has 4 nitrogen and oxygen atoms in total. The molecular formula is C14H13F3N4. The number of aromatic nitrogens is 4. The van der Waals surface area contributed by atoms with Gasteiger partial charge in [0, 0.05) is 13.2 Å². The Morgan fingerprint density at radius 3 is 2.71 bits per heavy atom. The molecule has 0 amide bonds. The fourth-order valence-corrected chi connectivity index (χ4v) is 2.31. The lowest BCUT2D eigenvalue weighted by molar-refractivity contribution is -0.137. The van der Waals surface area contributed by atoms with Gasteiger partial charge in [-0.15, -0.1) is 0 Å². The van der Waals surface area contributed by atoms with Crippen molar-refractivity contribution in [2.24, 2.45) is 7.05 Å².